The van der Waals surface area contributed by atoms with Gasteiger partial charge in [-0.25, -0.2) is 17.2 Å². The van der Waals surface area contributed by atoms with Crippen LogP contribution in [0.2, 0.25) is 10.0 Å². The summed E-state index contributed by atoms with van der Waals surface area (Å²) in [6.07, 6.45) is -0.747. The molecule has 1 aliphatic heterocycles. The number of nitrogens with zero attached hydrogens (tertiary/aromatic N) is 1. The number of aliphatic hydroxyl groups excluding tert-OH is 1. The van der Waals surface area contributed by atoms with Crippen molar-refractivity contribution < 1.29 is 27.1 Å². The molecule has 11 heteroatoms. The Balaban J connectivity index is 1.88. The van der Waals surface area contributed by atoms with Crippen LogP contribution in [0.25, 0.3) is 0 Å². The topological polar surface area (TPSA) is 86.7 Å². The molecule has 0 saturated carbocycles. The quantitative estimate of drug-likeness (QED) is 0.721. The molecular weight excluding hydrogens is 425 g/mol. The molecule has 0 aromatic heterocycles. The number of benzene rings is 2. The van der Waals surface area contributed by atoms with Gasteiger partial charge in [0.1, 0.15) is 4.90 Å². The highest BCUT2D eigenvalue weighted by Gasteiger charge is 2.37. The Morgan fingerprint density at radius 1 is 1.15 bits per heavy atom. The second-order valence-corrected chi connectivity index (χ2v) is 8.55. The number of sulfonamides is 1. The van der Waals surface area contributed by atoms with Gasteiger partial charge in [-0.1, -0.05) is 23.2 Å². The van der Waals surface area contributed by atoms with Gasteiger partial charge in [0.15, 0.2) is 11.6 Å². The van der Waals surface area contributed by atoms with E-state index in [9.17, 15) is 27.1 Å². The zero-order chi connectivity index (χ0) is 19.9. The fourth-order valence-corrected chi connectivity index (χ4v) is 4.65. The van der Waals surface area contributed by atoms with Gasteiger partial charge < -0.3 is 10.4 Å². The van der Waals surface area contributed by atoms with E-state index in [1.54, 1.807) is 0 Å². The zero-order valence-corrected chi connectivity index (χ0v) is 15.7. The molecule has 0 spiro atoms. The minimum Gasteiger partial charge on any atom is -0.390 e. The summed E-state index contributed by atoms with van der Waals surface area (Å²) in [5.74, 6) is -3.26. The number of carbonyl (C=O) groups excluding carboxylic acids is 1. The van der Waals surface area contributed by atoms with Crippen molar-refractivity contribution in [3.8, 4) is 0 Å². The number of hydrogen-bond acceptors (Lipinski definition) is 4. The van der Waals surface area contributed by atoms with Crippen LogP contribution in [0.1, 0.15) is 10.4 Å². The fraction of sp³-hybridized carbons (Fsp3) is 0.188. The van der Waals surface area contributed by atoms with Gasteiger partial charge in [-0.3, -0.25) is 4.79 Å². The minimum atomic E-state index is -3.98. The van der Waals surface area contributed by atoms with Crippen LogP contribution in [-0.2, 0) is 10.0 Å². The van der Waals surface area contributed by atoms with Crippen LogP contribution in [0, 0.1) is 11.6 Å². The number of halogens is 4. The maximum Gasteiger partial charge on any atom is 0.255 e. The first-order chi connectivity index (χ1) is 12.6. The summed E-state index contributed by atoms with van der Waals surface area (Å²) in [6.45, 7) is -0.134. The molecule has 1 saturated heterocycles. The van der Waals surface area contributed by atoms with Crippen LogP contribution in [0.5, 0.6) is 0 Å². The Morgan fingerprint density at radius 2 is 1.81 bits per heavy atom. The summed E-state index contributed by atoms with van der Waals surface area (Å²) < 4.78 is 52.7. The van der Waals surface area contributed by atoms with Gasteiger partial charge >= 0.3 is 0 Å². The van der Waals surface area contributed by atoms with Crippen molar-refractivity contribution >= 4 is 44.8 Å². The summed E-state index contributed by atoms with van der Waals surface area (Å²) >= 11 is 11.5. The van der Waals surface area contributed by atoms with Gasteiger partial charge in [-0.2, -0.15) is 4.31 Å². The Bertz CT molecular complexity index is 1000. The van der Waals surface area contributed by atoms with Gasteiger partial charge in [0.05, 0.1) is 16.1 Å². The van der Waals surface area contributed by atoms with Crippen LogP contribution in [-0.4, -0.2) is 42.9 Å². The minimum absolute atomic E-state index is 0.0670. The maximum atomic E-state index is 13.4. The monoisotopic (exact) mass is 436 g/mol. The largest absolute Gasteiger partial charge is 0.390 e. The lowest BCUT2D eigenvalue weighted by molar-refractivity contribution is 0.0548. The van der Waals surface area contributed by atoms with E-state index in [2.05, 4.69) is 5.32 Å². The summed E-state index contributed by atoms with van der Waals surface area (Å²) in [7, 11) is -3.98. The molecule has 0 atom stereocenters. The normalized spacial score (nSPS) is 15.4. The summed E-state index contributed by atoms with van der Waals surface area (Å²) in [4.78, 5) is 12.1. The lowest BCUT2D eigenvalue weighted by Crippen LogP contribution is -2.53. The number of β-amino-alcohol motifs (C(OH)–C–C–N with tert-alkyl or cyclic N) is 1. The summed E-state index contributed by atoms with van der Waals surface area (Å²) in [5, 5.41) is 11.0. The van der Waals surface area contributed by atoms with Crippen molar-refractivity contribution in [2.24, 2.45) is 0 Å². The molecule has 144 valence electrons. The Morgan fingerprint density at radius 3 is 2.41 bits per heavy atom. The highest BCUT2D eigenvalue weighted by Crippen LogP contribution is 2.29. The standard InChI is InChI=1S/C16H12Cl2F2N2O4S/c17-11-2-1-8(3-14(11)27(25,26)22-6-10(23)7-22)16(24)21-9-4-12(18)15(20)13(19)5-9/h1-5,10,23H,6-7H2,(H,21,24). The second kappa shape index (κ2) is 7.33. The van der Waals surface area contributed by atoms with Crippen LogP contribution in [0.15, 0.2) is 35.2 Å². The number of hydrogen-bond donors (Lipinski definition) is 2. The number of anilines is 1. The lowest BCUT2D eigenvalue weighted by Gasteiger charge is -2.34. The predicted octanol–water partition coefficient (Wildman–Crippen LogP) is 2.89. The average Bonchev–Trinajstić information content (AvgIpc) is 2.56. The molecule has 0 aliphatic carbocycles. The molecule has 1 fully saturated rings. The second-order valence-electron chi connectivity index (χ2n) is 5.83. The number of rotatable bonds is 4. The van der Waals surface area contributed by atoms with Crippen molar-refractivity contribution in [1.29, 1.82) is 0 Å². The van der Waals surface area contributed by atoms with Crippen molar-refractivity contribution in [3.05, 3.63) is 57.6 Å². The third kappa shape index (κ3) is 3.92. The van der Waals surface area contributed by atoms with E-state index in [1.807, 2.05) is 0 Å². The third-order valence-electron chi connectivity index (χ3n) is 3.88. The van der Waals surface area contributed by atoms with Crippen LogP contribution < -0.4 is 5.32 Å². The summed E-state index contributed by atoms with van der Waals surface area (Å²) in [5.41, 5.74) is -0.172. The first-order valence-electron chi connectivity index (χ1n) is 7.53. The van der Waals surface area contributed by atoms with E-state index in [4.69, 9.17) is 23.2 Å². The van der Waals surface area contributed by atoms with E-state index in [0.29, 0.717) is 0 Å². The molecule has 0 unspecified atom stereocenters. The van der Waals surface area contributed by atoms with Gasteiger partial charge in [0.25, 0.3) is 5.91 Å². The van der Waals surface area contributed by atoms with Gasteiger partial charge in [0.2, 0.25) is 10.0 Å². The average molecular weight is 437 g/mol. The molecule has 3 rings (SSSR count). The molecule has 2 N–H and O–H groups in total. The molecule has 2 aromatic rings. The van der Waals surface area contributed by atoms with Gasteiger partial charge in [-0.05, 0) is 24.3 Å². The number of carbonyl (C=O) groups is 1. The fourth-order valence-electron chi connectivity index (χ4n) is 2.43. The maximum absolute atomic E-state index is 13.4. The predicted molar refractivity (Wildman–Crippen MR) is 95.5 cm³/mol. The molecule has 1 heterocycles. The van der Waals surface area contributed by atoms with Crippen molar-refractivity contribution in [2.45, 2.75) is 11.0 Å². The molecule has 1 aliphatic rings. The molecular formula is C16H12Cl2F2N2O4S. The van der Waals surface area contributed by atoms with Crippen molar-refractivity contribution in [3.63, 3.8) is 0 Å². The Hall–Kier alpha value is -1.78. The zero-order valence-electron chi connectivity index (χ0n) is 13.4. The Labute approximate surface area is 163 Å². The van der Waals surface area contributed by atoms with E-state index < -0.39 is 38.7 Å². The SMILES string of the molecule is O=C(Nc1cc(F)c(F)c(Cl)c1)c1ccc(Cl)c(S(=O)(=O)N2CC(O)C2)c1. The molecule has 27 heavy (non-hydrogen) atoms. The van der Waals surface area contributed by atoms with E-state index in [1.165, 1.54) is 12.1 Å². The van der Waals surface area contributed by atoms with E-state index in [0.717, 1.165) is 22.5 Å². The number of aliphatic hydroxyl groups is 1. The Kier molecular flexibility index (Phi) is 5.42. The molecule has 2 aromatic carbocycles. The summed E-state index contributed by atoms with van der Waals surface area (Å²) in [6, 6.07) is 5.35. The molecule has 0 bridgehead atoms. The van der Waals surface area contributed by atoms with E-state index in [-0.39, 0.29) is 34.3 Å². The first-order valence-corrected chi connectivity index (χ1v) is 9.73. The molecule has 6 nitrogen and oxygen atoms in total. The highest BCUT2D eigenvalue weighted by atomic mass is 35.5. The van der Waals surface area contributed by atoms with Crippen molar-refractivity contribution in [1.82, 2.24) is 4.31 Å². The van der Waals surface area contributed by atoms with Gasteiger partial charge in [0, 0.05) is 30.4 Å². The highest BCUT2D eigenvalue weighted by molar-refractivity contribution is 7.89. The van der Waals surface area contributed by atoms with Crippen LogP contribution in [0.3, 0.4) is 0 Å². The molecule has 1 amide bonds. The van der Waals surface area contributed by atoms with Crippen LogP contribution >= 0.6 is 23.2 Å². The van der Waals surface area contributed by atoms with Gasteiger partial charge in [-0.15, -0.1) is 0 Å². The van der Waals surface area contributed by atoms with Crippen LogP contribution in [0.4, 0.5) is 14.5 Å². The van der Waals surface area contributed by atoms with E-state index >= 15 is 0 Å². The molecule has 0 radical (unpaired) electrons. The smallest absolute Gasteiger partial charge is 0.255 e. The number of amides is 1. The number of nitrogens with one attached hydrogen (secondary N) is 1. The third-order valence-corrected chi connectivity index (χ3v) is 6.47. The first kappa shape index (κ1) is 20.0. The lowest BCUT2D eigenvalue weighted by atomic mass is 10.2. The van der Waals surface area contributed by atoms with Crippen molar-refractivity contribution in [2.75, 3.05) is 18.4 Å².